The van der Waals surface area contributed by atoms with E-state index in [0.717, 1.165) is 48.2 Å². The van der Waals surface area contributed by atoms with Crippen LogP contribution in [0.2, 0.25) is 5.02 Å². The van der Waals surface area contributed by atoms with Crippen LogP contribution >= 0.6 is 11.6 Å². The Bertz CT molecular complexity index is 1440. The summed E-state index contributed by atoms with van der Waals surface area (Å²) in [5.41, 5.74) is 2.23. The molecule has 2 aromatic heterocycles. The number of fused-ring (bicyclic) bond motifs is 1. The quantitative estimate of drug-likeness (QED) is 0.344. The number of aliphatic imine (C=N–C) groups is 1. The average molecular weight is 517 g/mol. The Hall–Kier alpha value is -4.02. The number of anilines is 3. The highest BCUT2D eigenvalue weighted by molar-refractivity contribution is 6.32. The normalized spacial score (nSPS) is 16.3. The summed E-state index contributed by atoms with van der Waals surface area (Å²) in [4.78, 5) is 21.8. The lowest BCUT2D eigenvalue weighted by atomic mass is 9.93. The standard InChI is InChI=1S/C26H25ClN8O2/c27-20-13-18(3-5-22(20)36-14-23-29-8-1-9-30-23)34-24-19-12-17(2-4-21(19)32-16-33-24)35-25-31-15-26(37-25)6-10-28-11-7-26/h1-5,8-9,12-13,16,28H,6-7,10-11,14-15H2,(H,31,35)(H,32,33,34). The minimum atomic E-state index is -0.191. The summed E-state index contributed by atoms with van der Waals surface area (Å²) >= 11 is 6.48. The molecule has 2 aromatic carbocycles. The van der Waals surface area contributed by atoms with Crippen molar-refractivity contribution in [3.63, 3.8) is 0 Å². The monoisotopic (exact) mass is 516 g/mol. The van der Waals surface area contributed by atoms with Crippen molar-refractivity contribution in [1.29, 1.82) is 0 Å². The van der Waals surface area contributed by atoms with Gasteiger partial charge in [-0.3, -0.25) is 0 Å². The van der Waals surface area contributed by atoms with Crippen molar-refractivity contribution in [2.75, 3.05) is 30.3 Å². The van der Waals surface area contributed by atoms with E-state index in [1.807, 2.05) is 24.3 Å². The van der Waals surface area contributed by atoms with Crippen molar-refractivity contribution >= 4 is 45.7 Å². The topological polar surface area (TPSA) is 118 Å². The van der Waals surface area contributed by atoms with Gasteiger partial charge in [-0.1, -0.05) is 11.6 Å². The summed E-state index contributed by atoms with van der Waals surface area (Å²) in [7, 11) is 0. The Morgan fingerprint density at radius 1 is 0.973 bits per heavy atom. The Labute approximate surface area is 218 Å². The molecule has 37 heavy (non-hydrogen) atoms. The number of amidine groups is 1. The number of benzene rings is 2. The van der Waals surface area contributed by atoms with Gasteiger partial charge in [-0.25, -0.2) is 24.9 Å². The molecule has 1 fully saturated rings. The van der Waals surface area contributed by atoms with E-state index in [4.69, 9.17) is 21.1 Å². The third kappa shape index (κ3) is 5.25. The average Bonchev–Trinajstić information content (AvgIpc) is 3.30. The molecule has 4 aromatic rings. The van der Waals surface area contributed by atoms with E-state index >= 15 is 0 Å². The highest BCUT2D eigenvalue weighted by Crippen LogP contribution is 2.32. The predicted octanol–water partition coefficient (Wildman–Crippen LogP) is 4.32. The van der Waals surface area contributed by atoms with Gasteiger partial charge in [-0.15, -0.1) is 0 Å². The number of hydrogen-bond acceptors (Lipinski definition) is 10. The molecule has 0 amide bonds. The van der Waals surface area contributed by atoms with E-state index in [-0.39, 0.29) is 12.2 Å². The molecule has 0 atom stereocenters. The molecule has 0 unspecified atom stereocenters. The van der Waals surface area contributed by atoms with Gasteiger partial charge in [0.05, 0.1) is 17.1 Å². The van der Waals surface area contributed by atoms with E-state index in [1.54, 1.807) is 30.6 Å². The summed E-state index contributed by atoms with van der Waals surface area (Å²) in [6, 6.07) is 13.7. The van der Waals surface area contributed by atoms with Crippen molar-refractivity contribution in [2.45, 2.75) is 25.0 Å². The van der Waals surface area contributed by atoms with Crippen molar-refractivity contribution in [3.05, 3.63) is 72.0 Å². The van der Waals surface area contributed by atoms with E-state index < -0.39 is 0 Å². The van der Waals surface area contributed by atoms with E-state index in [9.17, 15) is 0 Å². The smallest absolute Gasteiger partial charge is 0.289 e. The van der Waals surface area contributed by atoms with Crippen molar-refractivity contribution in [3.8, 4) is 5.75 Å². The molecule has 0 aliphatic carbocycles. The lowest BCUT2D eigenvalue weighted by Crippen LogP contribution is -2.45. The molecule has 1 spiro atoms. The molecular weight excluding hydrogens is 492 g/mol. The second kappa shape index (κ2) is 10.2. The molecular formula is C26H25ClN8O2. The van der Waals surface area contributed by atoms with Gasteiger partial charge in [0.1, 0.15) is 30.1 Å². The molecule has 0 saturated carbocycles. The minimum Gasteiger partial charge on any atom is -0.484 e. The van der Waals surface area contributed by atoms with Crippen molar-refractivity contribution in [1.82, 2.24) is 25.3 Å². The maximum absolute atomic E-state index is 6.48. The largest absolute Gasteiger partial charge is 0.484 e. The van der Waals surface area contributed by atoms with Gasteiger partial charge in [0.2, 0.25) is 0 Å². The van der Waals surface area contributed by atoms with Gasteiger partial charge >= 0.3 is 0 Å². The van der Waals surface area contributed by atoms with Crippen LogP contribution in [0.25, 0.3) is 10.9 Å². The number of hydrogen-bond donors (Lipinski definition) is 3. The third-order valence-electron chi connectivity index (χ3n) is 6.40. The molecule has 188 valence electrons. The number of nitrogens with zero attached hydrogens (tertiary/aromatic N) is 5. The lowest BCUT2D eigenvalue weighted by molar-refractivity contribution is 0.0537. The highest BCUT2D eigenvalue weighted by atomic mass is 35.5. The van der Waals surface area contributed by atoms with Crippen molar-refractivity contribution in [2.24, 2.45) is 4.99 Å². The maximum Gasteiger partial charge on any atom is 0.289 e. The zero-order valence-corrected chi connectivity index (χ0v) is 20.7. The summed E-state index contributed by atoms with van der Waals surface area (Å²) in [5, 5.41) is 11.3. The number of ether oxygens (including phenoxy) is 2. The first-order chi connectivity index (χ1) is 18.2. The second-order valence-corrected chi connectivity index (χ2v) is 9.37. The summed E-state index contributed by atoms with van der Waals surface area (Å²) in [6.07, 6.45) is 6.78. The highest BCUT2D eigenvalue weighted by Gasteiger charge is 2.39. The zero-order chi connectivity index (χ0) is 25.1. The van der Waals surface area contributed by atoms with Crippen molar-refractivity contribution < 1.29 is 9.47 Å². The Morgan fingerprint density at radius 3 is 2.62 bits per heavy atom. The van der Waals surface area contributed by atoms with Gasteiger partial charge < -0.3 is 25.4 Å². The third-order valence-corrected chi connectivity index (χ3v) is 6.69. The fraction of sp³-hybridized carbons (Fsp3) is 0.269. The van der Waals surface area contributed by atoms with Gasteiger partial charge in [-0.2, -0.15) is 0 Å². The number of nitrogens with one attached hydrogen (secondary N) is 3. The fourth-order valence-electron chi connectivity index (χ4n) is 4.43. The zero-order valence-electron chi connectivity index (χ0n) is 19.9. The second-order valence-electron chi connectivity index (χ2n) is 8.96. The Balaban J connectivity index is 1.17. The molecule has 4 heterocycles. The van der Waals surface area contributed by atoms with Crippen LogP contribution in [0.5, 0.6) is 5.75 Å². The molecule has 6 rings (SSSR count). The van der Waals surface area contributed by atoms with Crippen LogP contribution in [-0.2, 0) is 11.3 Å². The van der Waals surface area contributed by atoms with Gasteiger partial charge in [0.25, 0.3) is 6.02 Å². The lowest BCUT2D eigenvalue weighted by Gasteiger charge is -2.32. The van der Waals surface area contributed by atoms with E-state index in [2.05, 4.69) is 40.9 Å². The molecule has 1 saturated heterocycles. The molecule has 0 radical (unpaired) electrons. The minimum absolute atomic E-state index is 0.191. The number of rotatable bonds is 6. The number of halogens is 1. The first-order valence-corrected chi connectivity index (χ1v) is 12.4. The van der Waals surface area contributed by atoms with Gasteiger partial charge in [0.15, 0.2) is 5.82 Å². The molecule has 3 N–H and O–H groups in total. The van der Waals surface area contributed by atoms with E-state index in [0.29, 0.717) is 35.0 Å². The SMILES string of the molecule is Clc1cc(Nc2ncnc3ccc(NC4=NCC5(CCNCC5)O4)cc23)ccc1OCc1ncccn1. The number of piperidine rings is 1. The van der Waals surface area contributed by atoms with Gasteiger partial charge in [-0.05, 0) is 55.6 Å². The van der Waals surface area contributed by atoms with Crippen LogP contribution in [0.1, 0.15) is 18.7 Å². The van der Waals surface area contributed by atoms with E-state index in [1.165, 1.54) is 6.33 Å². The molecule has 2 aliphatic rings. The van der Waals surface area contributed by atoms with Gasteiger partial charge in [0, 0.05) is 42.0 Å². The summed E-state index contributed by atoms with van der Waals surface area (Å²) < 4.78 is 12.0. The summed E-state index contributed by atoms with van der Waals surface area (Å²) in [5.74, 6) is 1.78. The maximum atomic E-state index is 6.48. The first-order valence-electron chi connectivity index (χ1n) is 12.1. The Kier molecular flexibility index (Phi) is 6.42. The van der Waals surface area contributed by atoms with Crippen LogP contribution in [0.4, 0.5) is 17.2 Å². The van der Waals surface area contributed by atoms with Crippen LogP contribution in [0.15, 0.2) is 66.2 Å². The van der Waals surface area contributed by atoms with Crippen LogP contribution in [0, 0.1) is 0 Å². The molecule has 10 nitrogen and oxygen atoms in total. The van der Waals surface area contributed by atoms with Crippen LogP contribution in [-0.4, -0.2) is 51.2 Å². The molecule has 2 aliphatic heterocycles. The van der Waals surface area contributed by atoms with Crippen LogP contribution in [0.3, 0.4) is 0 Å². The van der Waals surface area contributed by atoms with Crippen LogP contribution < -0.4 is 20.7 Å². The Morgan fingerprint density at radius 2 is 1.78 bits per heavy atom. The fourth-order valence-corrected chi connectivity index (χ4v) is 4.66. The molecule has 0 bridgehead atoms. The predicted molar refractivity (Wildman–Crippen MR) is 142 cm³/mol. The first kappa shape index (κ1) is 23.4. The molecule has 11 heteroatoms. The number of aromatic nitrogens is 4. The summed E-state index contributed by atoms with van der Waals surface area (Å²) in [6.45, 7) is 2.80.